The van der Waals surface area contributed by atoms with Gasteiger partial charge in [0.05, 0.1) is 6.10 Å². The fourth-order valence-electron chi connectivity index (χ4n) is 4.04. The van der Waals surface area contributed by atoms with Gasteiger partial charge in [0, 0.05) is 26.1 Å². The Bertz CT molecular complexity index is 349. The molecule has 22 heavy (non-hydrogen) atoms. The van der Waals surface area contributed by atoms with E-state index in [1.54, 1.807) is 0 Å². The van der Waals surface area contributed by atoms with Crippen molar-refractivity contribution in [3.8, 4) is 0 Å². The SMILES string of the molecule is CC1(C)CCCC(CC(=O)NCCCN2CCC(O)CC2)C1. The Morgan fingerprint density at radius 3 is 2.68 bits per heavy atom. The highest BCUT2D eigenvalue weighted by atomic mass is 16.3. The quantitative estimate of drug-likeness (QED) is 0.741. The molecule has 2 rings (SSSR count). The van der Waals surface area contributed by atoms with Crippen LogP contribution in [0.25, 0.3) is 0 Å². The molecule has 1 atom stereocenters. The van der Waals surface area contributed by atoms with Crippen molar-refractivity contribution in [2.45, 2.75) is 71.3 Å². The van der Waals surface area contributed by atoms with Crippen LogP contribution in [0.4, 0.5) is 0 Å². The number of hydrogen-bond donors (Lipinski definition) is 2. The van der Waals surface area contributed by atoms with Gasteiger partial charge in [-0.1, -0.05) is 20.3 Å². The topological polar surface area (TPSA) is 52.6 Å². The molecule has 1 heterocycles. The van der Waals surface area contributed by atoms with Crippen molar-refractivity contribution in [1.82, 2.24) is 10.2 Å². The van der Waals surface area contributed by atoms with Gasteiger partial charge in [0.15, 0.2) is 0 Å². The second kappa shape index (κ2) is 8.30. The van der Waals surface area contributed by atoms with Gasteiger partial charge in [-0.3, -0.25) is 4.79 Å². The van der Waals surface area contributed by atoms with Crippen molar-refractivity contribution in [2.75, 3.05) is 26.2 Å². The standard InChI is InChI=1S/C18H34N2O2/c1-18(2)8-3-5-15(14-18)13-17(22)19-9-4-10-20-11-6-16(21)7-12-20/h15-16,21H,3-14H2,1-2H3,(H,19,22). The smallest absolute Gasteiger partial charge is 0.220 e. The molecule has 2 N–H and O–H groups in total. The lowest BCUT2D eigenvalue weighted by atomic mass is 9.71. The van der Waals surface area contributed by atoms with E-state index in [4.69, 9.17) is 0 Å². The first-order valence-electron chi connectivity index (χ1n) is 9.12. The molecule has 0 aromatic rings. The molecule has 128 valence electrons. The number of rotatable bonds is 6. The first-order valence-corrected chi connectivity index (χ1v) is 9.12. The third-order valence-electron chi connectivity index (χ3n) is 5.31. The third-order valence-corrected chi connectivity index (χ3v) is 5.31. The normalized spacial score (nSPS) is 26.8. The minimum absolute atomic E-state index is 0.101. The second-order valence-corrected chi connectivity index (χ2v) is 8.11. The van der Waals surface area contributed by atoms with Gasteiger partial charge in [-0.15, -0.1) is 0 Å². The van der Waals surface area contributed by atoms with Crippen LogP contribution in [0, 0.1) is 11.3 Å². The molecule has 1 amide bonds. The molecule has 0 bridgehead atoms. The van der Waals surface area contributed by atoms with Crippen molar-refractivity contribution < 1.29 is 9.90 Å². The molecule has 1 unspecified atom stereocenters. The number of amides is 1. The lowest BCUT2D eigenvalue weighted by Crippen LogP contribution is -2.37. The Hall–Kier alpha value is -0.610. The Morgan fingerprint density at radius 1 is 1.27 bits per heavy atom. The van der Waals surface area contributed by atoms with Crippen LogP contribution in [0.5, 0.6) is 0 Å². The number of hydrogen-bond acceptors (Lipinski definition) is 3. The summed E-state index contributed by atoms with van der Waals surface area (Å²) in [6.07, 6.45) is 8.38. The van der Waals surface area contributed by atoms with Crippen LogP contribution >= 0.6 is 0 Å². The maximum absolute atomic E-state index is 12.1. The molecule has 2 fully saturated rings. The van der Waals surface area contributed by atoms with Crippen molar-refractivity contribution in [1.29, 1.82) is 0 Å². The van der Waals surface area contributed by atoms with Gasteiger partial charge in [0.1, 0.15) is 0 Å². The number of nitrogens with zero attached hydrogens (tertiary/aromatic N) is 1. The van der Waals surface area contributed by atoms with Crippen LogP contribution in [0.2, 0.25) is 0 Å². The average molecular weight is 310 g/mol. The van der Waals surface area contributed by atoms with E-state index in [9.17, 15) is 9.90 Å². The summed E-state index contributed by atoms with van der Waals surface area (Å²) in [6.45, 7) is 8.45. The van der Waals surface area contributed by atoms with E-state index in [1.807, 2.05) is 0 Å². The number of likely N-dealkylation sites (tertiary alicyclic amines) is 1. The van der Waals surface area contributed by atoms with E-state index in [0.717, 1.165) is 45.4 Å². The first-order chi connectivity index (χ1) is 10.4. The molecule has 0 aromatic carbocycles. The van der Waals surface area contributed by atoms with Gasteiger partial charge >= 0.3 is 0 Å². The molecule has 1 saturated heterocycles. The van der Waals surface area contributed by atoms with Crippen molar-refractivity contribution >= 4 is 5.91 Å². The average Bonchev–Trinajstić information content (AvgIpc) is 2.44. The van der Waals surface area contributed by atoms with E-state index >= 15 is 0 Å². The van der Waals surface area contributed by atoms with Crippen molar-refractivity contribution in [3.63, 3.8) is 0 Å². The summed E-state index contributed by atoms with van der Waals surface area (Å²) in [5, 5.41) is 12.6. The second-order valence-electron chi connectivity index (χ2n) is 8.11. The number of carbonyl (C=O) groups is 1. The van der Waals surface area contributed by atoms with Gasteiger partial charge in [-0.2, -0.15) is 0 Å². The molecule has 1 saturated carbocycles. The highest BCUT2D eigenvalue weighted by Crippen LogP contribution is 2.39. The van der Waals surface area contributed by atoms with Gasteiger partial charge < -0.3 is 15.3 Å². The lowest BCUT2D eigenvalue weighted by molar-refractivity contribution is -0.122. The Balaban J connectivity index is 1.54. The Morgan fingerprint density at radius 2 is 2.00 bits per heavy atom. The summed E-state index contributed by atoms with van der Waals surface area (Å²) in [5.74, 6) is 0.809. The maximum Gasteiger partial charge on any atom is 0.220 e. The molecule has 0 radical (unpaired) electrons. The lowest BCUT2D eigenvalue weighted by Gasteiger charge is -2.35. The van der Waals surface area contributed by atoms with Crippen LogP contribution < -0.4 is 5.32 Å². The summed E-state index contributed by atoms with van der Waals surface area (Å²) >= 11 is 0. The van der Waals surface area contributed by atoms with Gasteiger partial charge in [0.2, 0.25) is 5.91 Å². The van der Waals surface area contributed by atoms with E-state index < -0.39 is 0 Å². The monoisotopic (exact) mass is 310 g/mol. The highest BCUT2D eigenvalue weighted by Gasteiger charge is 2.29. The van der Waals surface area contributed by atoms with Crippen LogP contribution in [-0.2, 0) is 4.79 Å². The Labute approximate surface area is 135 Å². The zero-order chi connectivity index (χ0) is 16.0. The first kappa shape index (κ1) is 17.7. The predicted molar refractivity (Wildman–Crippen MR) is 89.7 cm³/mol. The summed E-state index contributed by atoms with van der Waals surface area (Å²) in [5.41, 5.74) is 0.419. The minimum atomic E-state index is -0.101. The van der Waals surface area contributed by atoms with Gasteiger partial charge in [-0.05, 0) is 56.4 Å². The van der Waals surface area contributed by atoms with Crippen LogP contribution in [-0.4, -0.2) is 48.2 Å². The molecule has 0 aromatic heterocycles. The highest BCUT2D eigenvalue weighted by molar-refractivity contribution is 5.76. The number of nitrogens with one attached hydrogen (secondary N) is 1. The van der Waals surface area contributed by atoms with Crippen molar-refractivity contribution in [2.24, 2.45) is 11.3 Å². The van der Waals surface area contributed by atoms with Crippen molar-refractivity contribution in [3.05, 3.63) is 0 Å². The number of piperidine rings is 1. The Kier molecular flexibility index (Phi) is 6.69. The molecule has 1 aliphatic heterocycles. The summed E-state index contributed by atoms with van der Waals surface area (Å²) in [4.78, 5) is 14.5. The molecule has 2 aliphatic rings. The number of aliphatic hydroxyl groups is 1. The molecule has 1 aliphatic carbocycles. The summed E-state index contributed by atoms with van der Waals surface area (Å²) in [7, 11) is 0. The summed E-state index contributed by atoms with van der Waals surface area (Å²) in [6, 6.07) is 0. The summed E-state index contributed by atoms with van der Waals surface area (Å²) < 4.78 is 0. The van der Waals surface area contributed by atoms with E-state index in [-0.39, 0.29) is 12.0 Å². The molecule has 4 heteroatoms. The fraction of sp³-hybridized carbons (Fsp3) is 0.944. The zero-order valence-corrected chi connectivity index (χ0v) is 14.4. The predicted octanol–water partition coefficient (Wildman–Crippen LogP) is 2.56. The van der Waals surface area contributed by atoms with Crippen LogP contribution in [0.3, 0.4) is 0 Å². The van der Waals surface area contributed by atoms with Gasteiger partial charge in [0.25, 0.3) is 0 Å². The maximum atomic E-state index is 12.1. The van der Waals surface area contributed by atoms with E-state index in [2.05, 4.69) is 24.1 Å². The molecular weight excluding hydrogens is 276 g/mol. The van der Waals surface area contributed by atoms with E-state index in [0.29, 0.717) is 17.8 Å². The molecule has 4 nitrogen and oxygen atoms in total. The minimum Gasteiger partial charge on any atom is -0.393 e. The van der Waals surface area contributed by atoms with Crippen LogP contribution in [0.1, 0.15) is 65.2 Å². The zero-order valence-electron chi connectivity index (χ0n) is 14.4. The van der Waals surface area contributed by atoms with Gasteiger partial charge in [-0.25, -0.2) is 0 Å². The number of aliphatic hydroxyl groups excluding tert-OH is 1. The molecule has 0 spiro atoms. The van der Waals surface area contributed by atoms with E-state index in [1.165, 1.54) is 25.7 Å². The fourth-order valence-corrected chi connectivity index (χ4v) is 4.04. The number of carbonyl (C=O) groups excluding carboxylic acids is 1. The molecular formula is C18H34N2O2. The largest absolute Gasteiger partial charge is 0.393 e. The third kappa shape index (κ3) is 6.25. The van der Waals surface area contributed by atoms with Crippen LogP contribution in [0.15, 0.2) is 0 Å².